The van der Waals surface area contributed by atoms with Gasteiger partial charge in [-0.1, -0.05) is 194 Å². The SMILES string of the molecule is Cc1ccc(-c2ccnc(-c3cc(-c4cccc5c4nc(-c4cc(C(C)(C)C)cc(C(C)(C)C)c4O)n5-c4cc(C(C)(C)C)ccc4-c4ccc(C(C)(C)C)cc4)cc(C(C)(C)C)c3)c2)cc1. The van der Waals surface area contributed by atoms with Gasteiger partial charge in [-0.2, -0.15) is 0 Å². The van der Waals surface area contributed by atoms with E-state index in [2.05, 4.69) is 243 Å². The first-order chi connectivity index (χ1) is 31.2. The van der Waals surface area contributed by atoms with Gasteiger partial charge in [0.05, 0.1) is 28.0 Å². The second-order valence-corrected chi connectivity index (χ2v) is 24.0. The van der Waals surface area contributed by atoms with Crippen LogP contribution in [-0.4, -0.2) is 19.6 Å². The minimum atomic E-state index is -0.331. The minimum absolute atomic E-state index is 0.0199. The van der Waals surface area contributed by atoms with Crippen molar-refractivity contribution in [1.82, 2.24) is 14.5 Å². The third-order valence-electron chi connectivity index (χ3n) is 13.4. The Balaban J connectivity index is 1.47. The smallest absolute Gasteiger partial charge is 0.149 e. The zero-order valence-electron chi connectivity index (χ0n) is 43.0. The Morgan fingerprint density at radius 3 is 1.63 bits per heavy atom. The Kier molecular flexibility index (Phi) is 11.9. The summed E-state index contributed by atoms with van der Waals surface area (Å²) < 4.78 is 2.33. The zero-order valence-corrected chi connectivity index (χ0v) is 43.0. The van der Waals surface area contributed by atoms with Gasteiger partial charge in [0.25, 0.3) is 0 Å². The highest BCUT2D eigenvalue weighted by molar-refractivity contribution is 5.98. The summed E-state index contributed by atoms with van der Waals surface area (Å²) >= 11 is 0. The Hall–Kier alpha value is -6.26. The fraction of sp³-hybridized carbons (Fsp3) is 0.333. The summed E-state index contributed by atoms with van der Waals surface area (Å²) in [7, 11) is 0. The first-order valence-corrected chi connectivity index (χ1v) is 24.0. The fourth-order valence-corrected chi connectivity index (χ4v) is 9.02. The van der Waals surface area contributed by atoms with Crippen molar-refractivity contribution in [3.05, 3.63) is 167 Å². The van der Waals surface area contributed by atoms with Gasteiger partial charge in [-0.15, -0.1) is 0 Å². The maximum Gasteiger partial charge on any atom is 0.149 e. The molecule has 0 atom stereocenters. The molecule has 0 fully saturated rings. The van der Waals surface area contributed by atoms with Crippen LogP contribution in [0.3, 0.4) is 0 Å². The number of phenolic OH excluding ortho intramolecular Hbond substituents is 1. The maximum absolute atomic E-state index is 12.7. The van der Waals surface area contributed by atoms with Gasteiger partial charge < -0.3 is 5.11 Å². The summed E-state index contributed by atoms with van der Waals surface area (Å²) in [5, 5.41) is 12.7. The van der Waals surface area contributed by atoms with Crippen LogP contribution >= 0.6 is 0 Å². The van der Waals surface area contributed by atoms with Crippen LogP contribution in [0.25, 0.3) is 72.7 Å². The molecule has 1 N–H and O–H groups in total. The summed E-state index contributed by atoms with van der Waals surface area (Å²) in [5.41, 5.74) is 18.4. The number of para-hydroxylation sites is 1. The third-order valence-corrected chi connectivity index (χ3v) is 13.4. The van der Waals surface area contributed by atoms with E-state index >= 15 is 0 Å². The molecule has 0 aliphatic heterocycles. The Morgan fingerprint density at radius 2 is 1.01 bits per heavy atom. The standard InChI is InChI=1S/C63H71N3O/c1-39-20-22-40(23-21-39)42-30-31-64-53(35-42)44-32-43(33-47(34-44)61(8,9)10)50-18-17-19-54-56(50)65-58(51-36-48(62(11,12)13)37-52(57(51)67)63(14,15)16)66(54)55-38-46(60(5,6)7)28-29-49(55)41-24-26-45(27-25-41)59(2,3)4/h17-38,67H,1-16H3. The maximum atomic E-state index is 12.7. The largest absolute Gasteiger partial charge is 0.507 e. The van der Waals surface area contributed by atoms with Gasteiger partial charge >= 0.3 is 0 Å². The van der Waals surface area contributed by atoms with Crippen LogP contribution in [0.15, 0.2) is 134 Å². The number of aromatic nitrogens is 3. The summed E-state index contributed by atoms with van der Waals surface area (Å²) in [6, 6.07) is 46.8. The summed E-state index contributed by atoms with van der Waals surface area (Å²) in [6.45, 7) is 35.8. The molecule has 8 aromatic rings. The molecule has 0 spiro atoms. The molecule has 0 radical (unpaired) electrons. The van der Waals surface area contributed by atoms with Crippen LogP contribution in [0.5, 0.6) is 5.75 Å². The number of nitrogens with zero attached hydrogens (tertiary/aromatic N) is 3. The van der Waals surface area contributed by atoms with Crippen molar-refractivity contribution in [2.24, 2.45) is 0 Å². The lowest BCUT2D eigenvalue weighted by molar-refractivity contribution is 0.446. The molecule has 0 aliphatic carbocycles. The summed E-state index contributed by atoms with van der Waals surface area (Å²) in [5.74, 6) is 0.966. The van der Waals surface area contributed by atoms with Crippen molar-refractivity contribution in [1.29, 1.82) is 0 Å². The Bertz CT molecular complexity index is 3130. The lowest BCUT2D eigenvalue weighted by Gasteiger charge is -2.28. The van der Waals surface area contributed by atoms with Gasteiger partial charge in [0.1, 0.15) is 11.6 Å². The second kappa shape index (κ2) is 16.8. The van der Waals surface area contributed by atoms with Crippen molar-refractivity contribution in [3.63, 3.8) is 0 Å². The molecule has 0 saturated heterocycles. The molecule has 8 rings (SSSR count). The topological polar surface area (TPSA) is 50.9 Å². The highest BCUT2D eigenvalue weighted by Gasteiger charge is 2.30. The van der Waals surface area contributed by atoms with Crippen molar-refractivity contribution in [2.45, 2.75) is 138 Å². The molecule has 0 saturated carbocycles. The molecule has 344 valence electrons. The van der Waals surface area contributed by atoms with E-state index in [0.29, 0.717) is 5.82 Å². The third kappa shape index (κ3) is 9.51. The molecule has 0 unspecified atom stereocenters. The quantitative estimate of drug-likeness (QED) is 0.181. The van der Waals surface area contributed by atoms with E-state index < -0.39 is 0 Å². The number of hydrogen-bond acceptors (Lipinski definition) is 3. The zero-order chi connectivity index (χ0) is 48.6. The van der Waals surface area contributed by atoms with Gasteiger partial charge in [-0.25, -0.2) is 4.98 Å². The number of aromatic hydroxyl groups is 1. The van der Waals surface area contributed by atoms with Crippen LogP contribution in [0.2, 0.25) is 0 Å². The molecule has 6 aromatic carbocycles. The fourth-order valence-electron chi connectivity index (χ4n) is 9.02. The predicted molar refractivity (Wildman–Crippen MR) is 286 cm³/mol. The lowest BCUT2D eigenvalue weighted by Crippen LogP contribution is -2.17. The molecular formula is C63H71N3O. The highest BCUT2D eigenvalue weighted by Crippen LogP contribution is 2.46. The minimum Gasteiger partial charge on any atom is -0.507 e. The van der Waals surface area contributed by atoms with E-state index in [0.717, 1.165) is 78.0 Å². The monoisotopic (exact) mass is 886 g/mol. The van der Waals surface area contributed by atoms with E-state index in [1.54, 1.807) is 0 Å². The number of phenols is 1. The molecule has 67 heavy (non-hydrogen) atoms. The van der Waals surface area contributed by atoms with E-state index in [1.165, 1.54) is 22.3 Å². The number of fused-ring (bicyclic) bond motifs is 1. The Labute approximate surface area is 401 Å². The highest BCUT2D eigenvalue weighted by atomic mass is 16.3. The molecule has 2 heterocycles. The normalized spacial score (nSPS) is 12.8. The number of imidazole rings is 1. The molecule has 0 bridgehead atoms. The van der Waals surface area contributed by atoms with Gasteiger partial charge in [-0.05, 0) is 121 Å². The van der Waals surface area contributed by atoms with Crippen molar-refractivity contribution in [2.75, 3.05) is 0 Å². The van der Waals surface area contributed by atoms with E-state index in [1.807, 2.05) is 6.20 Å². The average Bonchev–Trinajstić information content (AvgIpc) is 3.64. The lowest BCUT2D eigenvalue weighted by atomic mass is 9.79. The van der Waals surface area contributed by atoms with Gasteiger partial charge in [0.15, 0.2) is 0 Å². The Morgan fingerprint density at radius 1 is 0.433 bits per heavy atom. The summed E-state index contributed by atoms with van der Waals surface area (Å²) in [6.07, 6.45) is 1.92. The van der Waals surface area contributed by atoms with Crippen LogP contribution in [-0.2, 0) is 27.1 Å². The van der Waals surface area contributed by atoms with Crippen LogP contribution < -0.4 is 0 Å². The molecule has 2 aromatic heterocycles. The second-order valence-electron chi connectivity index (χ2n) is 24.0. The first kappa shape index (κ1) is 47.2. The predicted octanol–water partition coefficient (Wildman–Crippen LogP) is 17.3. The van der Waals surface area contributed by atoms with Gasteiger partial charge in [0.2, 0.25) is 0 Å². The number of aryl methyl sites for hydroxylation is 1. The van der Waals surface area contributed by atoms with E-state index in [9.17, 15) is 5.11 Å². The molecule has 0 amide bonds. The van der Waals surface area contributed by atoms with Crippen LogP contribution in [0.1, 0.15) is 137 Å². The summed E-state index contributed by atoms with van der Waals surface area (Å²) in [4.78, 5) is 10.7. The number of benzene rings is 6. The van der Waals surface area contributed by atoms with Crippen LogP contribution in [0, 0.1) is 6.92 Å². The number of hydrogen-bond donors (Lipinski definition) is 1. The van der Waals surface area contributed by atoms with Gasteiger partial charge in [0, 0.05) is 28.5 Å². The van der Waals surface area contributed by atoms with Crippen molar-refractivity contribution < 1.29 is 5.11 Å². The van der Waals surface area contributed by atoms with Crippen LogP contribution in [0.4, 0.5) is 0 Å². The van der Waals surface area contributed by atoms with E-state index in [-0.39, 0.29) is 32.8 Å². The molecule has 4 nitrogen and oxygen atoms in total. The average molecular weight is 886 g/mol. The molecule has 0 aliphatic rings. The van der Waals surface area contributed by atoms with Crippen molar-refractivity contribution >= 4 is 11.0 Å². The van der Waals surface area contributed by atoms with Crippen molar-refractivity contribution in [3.8, 4) is 67.5 Å². The number of pyridine rings is 1. The number of rotatable bonds is 6. The molecule has 4 heteroatoms. The van der Waals surface area contributed by atoms with Gasteiger partial charge in [-0.3, -0.25) is 9.55 Å². The molecular weight excluding hydrogens is 815 g/mol. The van der Waals surface area contributed by atoms with E-state index in [4.69, 9.17) is 9.97 Å². The first-order valence-electron chi connectivity index (χ1n) is 24.0.